The third-order valence-electron chi connectivity index (χ3n) is 2.94. The van der Waals surface area contributed by atoms with E-state index in [1.807, 2.05) is 0 Å². The van der Waals surface area contributed by atoms with Crippen molar-refractivity contribution in [3.63, 3.8) is 0 Å². The lowest BCUT2D eigenvalue weighted by Crippen LogP contribution is -2.20. The van der Waals surface area contributed by atoms with Crippen molar-refractivity contribution in [2.75, 3.05) is 20.6 Å². The van der Waals surface area contributed by atoms with Crippen molar-refractivity contribution >= 4 is 5.57 Å². The first kappa shape index (κ1) is 13.0. The van der Waals surface area contributed by atoms with Crippen LogP contribution in [0.15, 0.2) is 30.3 Å². The molecule has 88 valence electrons. The summed E-state index contributed by atoms with van der Waals surface area (Å²) in [5.41, 5.74) is 4.20. The van der Waals surface area contributed by atoms with Gasteiger partial charge in [-0.1, -0.05) is 37.3 Å². The van der Waals surface area contributed by atoms with Gasteiger partial charge in [0.25, 0.3) is 0 Å². The van der Waals surface area contributed by atoms with Gasteiger partial charge in [-0.25, -0.2) is 0 Å². The first-order valence-electron chi connectivity index (χ1n) is 5.93. The Morgan fingerprint density at radius 1 is 1.31 bits per heavy atom. The van der Waals surface area contributed by atoms with E-state index in [1.165, 1.54) is 16.7 Å². The molecule has 0 amide bonds. The Morgan fingerprint density at radius 3 is 2.44 bits per heavy atom. The third kappa shape index (κ3) is 3.21. The highest BCUT2D eigenvalue weighted by Crippen LogP contribution is 2.26. The SMILES string of the molecule is C/C=C(/c1ccccc1C)C(C)CN(C)C. The Bertz CT molecular complexity index is 363. The molecular weight excluding hydrogens is 194 g/mol. The summed E-state index contributed by atoms with van der Waals surface area (Å²) >= 11 is 0. The van der Waals surface area contributed by atoms with Crippen LogP contribution in [0.2, 0.25) is 0 Å². The lowest BCUT2D eigenvalue weighted by Gasteiger charge is -2.21. The highest BCUT2D eigenvalue weighted by Gasteiger charge is 2.12. The number of allylic oxidation sites excluding steroid dienone is 1. The van der Waals surface area contributed by atoms with Crippen LogP contribution in [-0.2, 0) is 0 Å². The van der Waals surface area contributed by atoms with Crippen molar-refractivity contribution in [3.8, 4) is 0 Å². The first-order chi connectivity index (χ1) is 7.56. The van der Waals surface area contributed by atoms with Crippen molar-refractivity contribution in [2.45, 2.75) is 20.8 Å². The molecule has 0 aliphatic heterocycles. The van der Waals surface area contributed by atoms with Crippen LogP contribution < -0.4 is 0 Å². The Hall–Kier alpha value is -1.08. The minimum Gasteiger partial charge on any atom is -0.309 e. The molecule has 1 aromatic rings. The predicted molar refractivity (Wildman–Crippen MR) is 72.5 cm³/mol. The van der Waals surface area contributed by atoms with Gasteiger partial charge in [0, 0.05) is 6.54 Å². The van der Waals surface area contributed by atoms with E-state index in [-0.39, 0.29) is 0 Å². The second-order valence-electron chi connectivity index (χ2n) is 4.72. The van der Waals surface area contributed by atoms with Crippen LogP contribution in [0.4, 0.5) is 0 Å². The van der Waals surface area contributed by atoms with E-state index in [0.717, 1.165) is 6.54 Å². The van der Waals surface area contributed by atoms with Gasteiger partial charge < -0.3 is 4.90 Å². The zero-order valence-electron chi connectivity index (χ0n) is 11.1. The average Bonchev–Trinajstić information content (AvgIpc) is 2.20. The van der Waals surface area contributed by atoms with Gasteiger partial charge in [0.1, 0.15) is 0 Å². The zero-order chi connectivity index (χ0) is 12.1. The molecule has 1 atom stereocenters. The number of hydrogen-bond donors (Lipinski definition) is 0. The molecule has 0 radical (unpaired) electrons. The Kier molecular flexibility index (Phi) is 4.75. The summed E-state index contributed by atoms with van der Waals surface area (Å²) in [6, 6.07) is 8.62. The standard InChI is InChI=1S/C15H23N/c1-6-14(13(3)11-16(4)5)15-10-8-7-9-12(15)2/h6-10,13H,11H2,1-5H3/b14-6+. The van der Waals surface area contributed by atoms with Gasteiger partial charge in [0.2, 0.25) is 0 Å². The summed E-state index contributed by atoms with van der Waals surface area (Å²) in [4.78, 5) is 2.24. The number of nitrogens with zero attached hydrogens (tertiary/aromatic N) is 1. The van der Waals surface area contributed by atoms with Crippen LogP contribution in [0, 0.1) is 12.8 Å². The molecule has 0 aliphatic rings. The highest BCUT2D eigenvalue weighted by atomic mass is 15.1. The van der Waals surface area contributed by atoms with Gasteiger partial charge in [-0.3, -0.25) is 0 Å². The van der Waals surface area contributed by atoms with Crippen LogP contribution >= 0.6 is 0 Å². The molecule has 16 heavy (non-hydrogen) atoms. The van der Waals surface area contributed by atoms with E-state index < -0.39 is 0 Å². The molecular formula is C15H23N. The van der Waals surface area contributed by atoms with E-state index in [2.05, 4.69) is 70.1 Å². The van der Waals surface area contributed by atoms with E-state index >= 15 is 0 Å². The Balaban J connectivity index is 2.96. The smallest absolute Gasteiger partial charge is 0.00416 e. The molecule has 1 aromatic carbocycles. The number of rotatable bonds is 4. The third-order valence-corrected chi connectivity index (χ3v) is 2.94. The fourth-order valence-electron chi connectivity index (χ4n) is 2.25. The van der Waals surface area contributed by atoms with Gasteiger partial charge in [-0.15, -0.1) is 0 Å². The van der Waals surface area contributed by atoms with Gasteiger partial charge in [-0.05, 0) is 50.6 Å². The summed E-state index contributed by atoms with van der Waals surface area (Å²) in [7, 11) is 4.25. The van der Waals surface area contributed by atoms with Crippen LogP contribution in [0.25, 0.3) is 5.57 Å². The van der Waals surface area contributed by atoms with Crippen LogP contribution in [0.1, 0.15) is 25.0 Å². The molecule has 1 nitrogen and oxygen atoms in total. The average molecular weight is 217 g/mol. The van der Waals surface area contributed by atoms with E-state index in [4.69, 9.17) is 0 Å². The molecule has 1 rings (SSSR count). The van der Waals surface area contributed by atoms with Crippen LogP contribution in [-0.4, -0.2) is 25.5 Å². The quantitative estimate of drug-likeness (QED) is 0.745. The fraction of sp³-hybridized carbons (Fsp3) is 0.467. The molecule has 1 unspecified atom stereocenters. The number of hydrogen-bond acceptors (Lipinski definition) is 1. The second kappa shape index (κ2) is 5.86. The molecule has 0 aromatic heterocycles. The molecule has 0 aliphatic carbocycles. The molecule has 0 saturated carbocycles. The van der Waals surface area contributed by atoms with E-state index in [1.54, 1.807) is 0 Å². The van der Waals surface area contributed by atoms with Crippen molar-refractivity contribution in [3.05, 3.63) is 41.5 Å². The molecule has 0 saturated heterocycles. The Labute approximate surface area is 99.8 Å². The van der Waals surface area contributed by atoms with Crippen LogP contribution in [0.3, 0.4) is 0 Å². The van der Waals surface area contributed by atoms with Crippen LogP contribution in [0.5, 0.6) is 0 Å². The molecule has 0 fully saturated rings. The largest absolute Gasteiger partial charge is 0.309 e. The maximum absolute atomic E-state index is 2.29. The molecule has 0 spiro atoms. The molecule has 1 heteroatoms. The topological polar surface area (TPSA) is 3.24 Å². The first-order valence-corrected chi connectivity index (χ1v) is 5.93. The lowest BCUT2D eigenvalue weighted by atomic mass is 9.90. The summed E-state index contributed by atoms with van der Waals surface area (Å²) in [5.74, 6) is 0.570. The van der Waals surface area contributed by atoms with Crippen molar-refractivity contribution < 1.29 is 0 Å². The maximum atomic E-state index is 2.29. The second-order valence-corrected chi connectivity index (χ2v) is 4.72. The van der Waals surface area contributed by atoms with Gasteiger partial charge in [0.15, 0.2) is 0 Å². The minimum absolute atomic E-state index is 0.570. The summed E-state index contributed by atoms with van der Waals surface area (Å²) < 4.78 is 0. The molecule has 0 heterocycles. The summed E-state index contributed by atoms with van der Waals surface area (Å²) in [6.45, 7) is 7.70. The fourth-order valence-corrected chi connectivity index (χ4v) is 2.25. The van der Waals surface area contributed by atoms with E-state index in [9.17, 15) is 0 Å². The highest BCUT2D eigenvalue weighted by molar-refractivity contribution is 5.69. The minimum atomic E-state index is 0.570. The summed E-state index contributed by atoms with van der Waals surface area (Å²) in [6.07, 6.45) is 2.25. The van der Waals surface area contributed by atoms with Crippen molar-refractivity contribution in [1.82, 2.24) is 4.90 Å². The summed E-state index contributed by atoms with van der Waals surface area (Å²) in [5, 5.41) is 0. The van der Waals surface area contributed by atoms with Crippen molar-refractivity contribution in [1.29, 1.82) is 0 Å². The lowest BCUT2D eigenvalue weighted by molar-refractivity contribution is 0.376. The zero-order valence-corrected chi connectivity index (χ0v) is 11.1. The monoisotopic (exact) mass is 217 g/mol. The van der Waals surface area contributed by atoms with Gasteiger partial charge in [0.05, 0.1) is 0 Å². The van der Waals surface area contributed by atoms with E-state index in [0.29, 0.717) is 5.92 Å². The number of benzene rings is 1. The predicted octanol–water partition coefficient (Wildman–Crippen LogP) is 3.60. The molecule has 0 N–H and O–H groups in total. The normalized spacial score (nSPS) is 14.2. The maximum Gasteiger partial charge on any atom is 0.00416 e. The van der Waals surface area contributed by atoms with Gasteiger partial charge in [-0.2, -0.15) is 0 Å². The Morgan fingerprint density at radius 2 is 1.94 bits per heavy atom. The van der Waals surface area contributed by atoms with Crippen molar-refractivity contribution in [2.24, 2.45) is 5.92 Å². The molecule has 0 bridgehead atoms. The number of aryl methyl sites for hydroxylation is 1. The van der Waals surface area contributed by atoms with Gasteiger partial charge >= 0.3 is 0 Å².